The summed E-state index contributed by atoms with van der Waals surface area (Å²) in [4.78, 5) is 24.5. The molecule has 0 amide bonds. The maximum atomic E-state index is 13.1. The zero-order chi connectivity index (χ0) is 34.3. The number of aliphatic hydroxyl groups is 7. The summed E-state index contributed by atoms with van der Waals surface area (Å²) in [6.45, 7) is -0.691. The Hall–Kier alpha value is -4.24. The second kappa shape index (κ2) is 13.5. The van der Waals surface area contributed by atoms with Crippen LogP contribution in [-0.2, 0) is 14.3 Å². The lowest BCUT2D eigenvalue weighted by Gasteiger charge is -2.39. The number of ether oxygens (including phenoxy) is 6. The molecule has 10 atom stereocenters. The summed E-state index contributed by atoms with van der Waals surface area (Å²) in [5.74, 6) is -2.80. The Balaban J connectivity index is 1.49. The quantitative estimate of drug-likeness (QED) is 0.115. The molecule has 18 nitrogen and oxygen atoms in total. The number of aliphatic carboxylic acids is 1. The molecule has 0 aliphatic carbocycles. The van der Waals surface area contributed by atoms with Gasteiger partial charge in [-0.15, -0.1) is 0 Å². The number of phenolic OH excluding ortho intramolecular Hbond substituents is 1. The van der Waals surface area contributed by atoms with Gasteiger partial charge in [-0.2, -0.15) is 0 Å². The number of carboxylic acid groups (broad SMARTS) is 1. The van der Waals surface area contributed by atoms with E-state index in [0.717, 1.165) is 18.2 Å². The van der Waals surface area contributed by atoms with Crippen molar-refractivity contribution >= 4 is 16.9 Å². The van der Waals surface area contributed by atoms with Crippen molar-refractivity contribution in [3.63, 3.8) is 0 Å². The van der Waals surface area contributed by atoms with Crippen molar-refractivity contribution in [2.24, 2.45) is 0 Å². The van der Waals surface area contributed by atoms with Gasteiger partial charge in [0.1, 0.15) is 71.0 Å². The van der Waals surface area contributed by atoms with Crippen molar-refractivity contribution in [3.8, 4) is 40.1 Å². The molecule has 0 bridgehead atoms. The van der Waals surface area contributed by atoms with Gasteiger partial charge < -0.3 is 78.8 Å². The average molecular weight is 669 g/mol. The normalized spacial score (nSPS) is 30.9. The Morgan fingerprint density at radius 2 is 1.38 bits per heavy atom. The fraction of sp³-hybridized carbons (Fsp3) is 0.448. The standard InChI is InChI=1S/C29H32O18/c1-41-15-3-9(4-16(42-2)25(15)46-29-23(37)20(34)19(33)17(8-30)45-29)13-7-12(32)18-11(31)5-10(6-14(18)44-13)43-28-24(38)21(35)22(36)26(47-28)27(39)40/h3-7,17,19-24,26,28-31,33-38H,8H2,1-2H3,(H,39,40). The minimum Gasteiger partial charge on any atom is -0.507 e. The lowest BCUT2D eigenvalue weighted by molar-refractivity contribution is -0.277. The molecule has 2 aliphatic rings. The van der Waals surface area contributed by atoms with E-state index in [4.69, 9.17) is 32.8 Å². The average Bonchev–Trinajstić information content (AvgIpc) is 3.04. The Kier molecular flexibility index (Phi) is 9.78. The first-order chi connectivity index (χ1) is 22.3. The first-order valence-electron chi connectivity index (χ1n) is 13.9. The number of fused-ring (bicyclic) bond motifs is 1. The van der Waals surface area contributed by atoms with Crippen molar-refractivity contribution in [3.05, 3.63) is 40.6 Å². The summed E-state index contributed by atoms with van der Waals surface area (Å²) >= 11 is 0. The van der Waals surface area contributed by atoms with Crippen molar-refractivity contribution in [2.75, 3.05) is 20.8 Å². The molecule has 1 aromatic heterocycles. The second-order valence-corrected chi connectivity index (χ2v) is 10.7. The van der Waals surface area contributed by atoms with Crippen LogP contribution in [0.15, 0.2) is 39.5 Å². The molecule has 2 saturated heterocycles. The minimum atomic E-state index is -1.96. The minimum absolute atomic E-state index is 0.0313. The van der Waals surface area contributed by atoms with Gasteiger partial charge >= 0.3 is 5.97 Å². The predicted molar refractivity (Wildman–Crippen MR) is 152 cm³/mol. The number of aliphatic hydroxyl groups excluding tert-OH is 7. The predicted octanol–water partition coefficient (Wildman–Crippen LogP) is -2.37. The fourth-order valence-corrected chi connectivity index (χ4v) is 5.16. The number of rotatable bonds is 9. The molecule has 18 heteroatoms. The van der Waals surface area contributed by atoms with Crippen molar-refractivity contribution < 1.29 is 83.6 Å². The first-order valence-corrected chi connectivity index (χ1v) is 13.9. The number of hydrogen-bond donors (Lipinski definition) is 9. The summed E-state index contributed by atoms with van der Waals surface area (Å²) in [6.07, 6.45) is -17.5. The topological polar surface area (TPSA) is 285 Å². The lowest BCUT2D eigenvalue weighted by Crippen LogP contribution is -2.61. The number of hydrogen-bond acceptors (Lipinski definition) is 17. The van der Waals surface area contributed by atoms with Crippen LogP contribution < -0.4 is 24.4 Å². The second-order valence-electron chi connectivity index (χ2n) is 10.7. The van der Waals surface area contributed by atoms with Crippen molar-refractivity contribution in [1.29, 1.82) is 0 Å². The number of carbonyl (C=O) groups is 1. The van der Waals surface area contributed by atoms with Gasteiger partial charge in [0, 0.05) is 23.8 Å². The molecule has 0 saturated carbocycles. The van der Waals surface area contributed by atoms with E-state index in [0.29, 0.717) is 0 Å². The highest BCUT2D eigenvalue weighted by Crippen LogP contribution is 2.43. The Morgan fingerprint density at radius 1 is 0.787 bits per heavy atom. The third-order valence-corrected chi connectivity index (χ3v) is 7.68. The largest absolute Gasteiger partial charge is 0.507 e. The van der Waals surface area contributed by atoms with Crippen LogP contribution in [0.2, 0.25) is 0 Å². The zero-order valence-electron chi connectivity index (χ0n) is 24.6. The Morgan fingerprint density at radius 3 is 1.96 bits per heavy atom. The van der Waals surface area contributed by atoms with Gasteiger partial charge in [0.2, 0.25) is 18.3 Å². The monoisotopic (exact) mass is 668 g/mol. The van der Waals surface area contributed by atoms with Crippen molar-refractivity contribution in [1.82, 2.24) is 0 Å². The molecule has 0 spiro atoms. The highest BCUT2D eigenvalue weighted by Gasteiger charge is 2.48. The van der Waals surface area contributed by atoms with E-state index in [1.807, 2.05) is 0 Å². The fourth-order valence-electron chi connectivity index (χ4n) is 5.16. The Bertz CT molecular complexity index is 1650. The van der Waals surface area contributed by atoms with Crippen LogP contribution in [0.4, 0.5) is 0 Å². The third kappa shape index (κ3) is 6.38. The SMILES string of the molecule is COc1cc(-c2cc(=O)c3c(O)cc(OC4OC(C(=O)O)C(O)C(O)C4O)cc3o2)cc(OC)c1OC1OC(CO)C(O)C(O)C1O. The van der Waals surface area contributed by atoms with Crippen LogP contribution in [0, 0.1) is 0 Å². The van der Waals surface area contributed by atoms with E-state index in [2.05, 4.69) is 0 Å². The summed E-state index contributed by atoms with van der Waals surface area (Å²) in [5.41, 5.74) is -0.761. The maximum absolute atomic E-state index is 13.1. The van der Waals surface area contributed by atoms with Gasteiger partial charge in [0.05, 0.1) is 20.8 Å². The van der Waals surface area contributed by atoms with Gasteiger partial charge in [-0.3, -0.25) is 4.79 Å². The van der Waals surface area contributed by atoms with Gasteiger partial charge in [-0.25, -0.2) is 4.79 Å². The summed E-state index contributed by atoms with van der Waals surface area (Å²) in [6, 6.07) is 5.88. The van der Waals surface area contributed by atoms with Crippen LogP contribution in [0.1, 0.15) is 0 Å². The molecule has 5 rings (SSSR count). The van der Waals surface area contributed by atoms with Gasteiger partial charge in [-0.05, 0) is 12.1 Å². The molecule has 9 N–H and O–H groups in total. The van der Waals surface area contributed by atoms with Gasteiger partial charge in [0.15, 0.2) is 23.0 Å². The van der Waals surface area contributed by atoms with E-state index in [1.54, 1.807) is 0 Å². The van der Waals surface area contributed by atoms with Crippen LogP contribution in [0.25, 0.3) is 22.3 Å². The molecule has 3 heterocycles. The first kappa shape index (κ1) is 34.1. The highest BCUT2D eigenvalue weighted by molar-refractivity contribution is 5.86. The number of phenols is 1. The summed E-state index contributed by atoms with van der Waals surface area (Å²) in [5, 5.41) is 90.0. The molecule has 10 unspecified atom stereocenters. The van der Waals surface area contributed by atoms with E-state index in [9.17, 15) is 55.5 Å². The molecule has 2 fully saturated rings. The molecule has 0 radical (unpaired) electrons. The highest BCUT2D eigenvalue weighted by atomic mass is 16.7. The Labute approximate surface area is 263 Å². The maximum Gasteiger partial charge on any atom is 0.335 e. The summed E-state index contributed by atoms with van der Waals surface area (Å²) < 4.78 is 38.5. The molecule has 2 aliphatic heterocycles. The van der Waals surface area contributed by atoms with E-state index in [-0.39, 0.29) is 45.3 Å². The molecular weight excluding hydrogens is 636 g/mol. The molecule has 256 valence electrons. The molecule has 47 heavy (non-hydrogen) atoms. The number of aromatic hydroxyl groups is 1. The van der Waals surface area contributed by atoms with Crippen LogP contribution >= 0.6 is 0 Å². The zero-order valence-corrected chi connectivity index (χ0v) is 24.6. The van der Waals surface area contributed by atoms with E-state index in [1.165, 1.54) is 26.4 Å². The van der Waals surface area contributed by atoms with Gasteiger partial charge in [-0.1, -0.05) is 0 Å². The number of methoxy groups -OCH3 is 2. The van der Waals surface area contributed by atoms with Crippen LogP contribution in [0.5, 0.6) is 28.7 Å². The third-order valence-electron chi connectivity index (χ3n) is 7.68. The summed E-state index contributed by atoms with van der Waals surface area (Å²) in [7, 11) is 2.53. The van der Waals surface area contributed by atoms with Gasteiger partial charge in [0.25, 0.3) is 0 Å². The number of carboxylic acids is 1. The smallest absolute Gasteiger partial charge is 0.335 e. The molecule has 2 aromatic carbocycles. The van der Waals surface area contributed by atoms with E-state index >= 15 is 0 Å². The van der Waals surface area contributed by atoms with Crippen LogP contribution in [-0.4, -0.2) is 134 Å². The van der Waals surface area contributed by atoms with E-state index < -0.39 is 85.2 Å². The van der Waals surface area contributed by atoms with Crippen LogP contribution in [0.3, 0.4) is 0 Å². The molecule has 3 aromatic rings. The lowest BCUT2D eigenvalue weighted by atomic mass is 9.99. The molecular formula is C29H32O18. The van der Waals surface area contributed by atoms with Crippen molar-refractivity contribution in [2.45, 2.75) is 61.4 Å². The number of benzene rings is 2.